The molecule has 1 aromatic carbocycles. The maximum Gasteiger partial charge on any atom is 0.339 e. The van der Waals surface area contributed by atoms with Crippen LogP contribution in [-0.4, -0.2) is 30.7 Å². The highest BCUT2D eigenvalue weighted by molar-refractivity contribution is 5.88. The smallest absolute Gasteiger partial charge is 0.339 e. The number of carbonyl (C=O) groups excluding carboxylic acids is 1. The van der Waals surface area contributed by atoms with Crippen LogP contribution in [0.4, 0.5) is 0 Å². The number of carboxylic acids is 1. The predicted octanol–water partition coefficient (Wildman–Crippen LogP) is 1.99. The van der Waals surface area contributed by atoms with E-state index in [1.54, 1.807) is 38.3 Å². The number of aromatic carboxylic acids is 1. The van der Waals surface area contributed by atoms with Crippen LogP contribution in [0.2, 0.25) is 0 Å². The number of carbonyl (C=O) groups is 2. The van der Waals surface area contributed by atoms with Crippen LogP contribution in [-0.2, 0) is 11.3 Å². The molecule has 7 heteroatoms. The van der Waals surface area contributed by atoms with Crippen molar-refractivity contribution in [2.24, 2.45) is 0 Å². The first-order valence-corrected chi connectivity index (χ1v) is 6.85. The van der Waals surface area contributed by atoms with E-state index in [0.717, 1.165) is 0 Å². The van der Waals surface area contributed by atoms with Crippen molar-refractivity contribution in [3.05, 3.63) is 47.4 Å². The molecule has 1 heterocycles. The van der Waals surface area contributed by atoms with Crippen LogP contribution >= 0.6 is 0 Å². The first kappa shape index (κ1) is 16.4. The minimum absolute atomic E-state index is 0.0868. The Kier molecular flexibility index (Phi) is 5.24. The second-order valence-electron chi connectivity index (χ2n) is 4.73. The average molecular weight is 319 g/mol. The van der Waals surface area contributed by atoms with Crippen LogP contribution in [0, 0.1) is 6.92 Å². The average Bonchev–Trinajstić information content (AvgIpc) is 2.92. The van der Waals surface area contributed by atoms with Crippen molar-refractivity contribution in [2.75, 3.05) is 13.7 Å². The first-order chi connectivity index (χ1) is 11.0. The third-order valence-electron chi connectivity index (χ3n) is 3.09. The number of methoxy groups -OCH3 is 1. The van der Waals surface area contributed by atoms with Gasteiger partial charge in [0.2, 0.25) is 0 Å². The summed E-state index contributed by atoms with van der Waals surface area (Å²) in [7, 11) is 1.56. The highest BCUT2D eigenvalue weighted by Crippen LogP contribution is 2.17. The number of amides is 1. The number of ether oxygens (including phenoxy) is 2. The van der Waals surface area contributed by atoms with Crippen molar-refractivity contribution in [3.63, 3.8) is 0 Å². The van der Waals surface area contributed by atoms with E-state index < -0.39 is 5.97 Å². The fourth-order valence-corrected chi connectivity index (χ4v) is 1.90. The topological polar surface area (TPSA) is 98.0 Å². The van der Waals surface area contributed by atoms with Crippen molar-refractivity contribution in [2.45, 2.75) is 13.5 Å². The minimum Gasteiger partial charge on any atom is -0.497 e. The van der Waals surface area contributed by atoms with Crippen LogP contribution in [0.25, 0.3) is 0 Å². The molecule has 1 aromatic heterocycles. The normalized spacial score (nSPS) is 10.2. The lowest BCUT2D eigenvalue weighted by Gasteiger charge is -2.07. The molecular weight excluding hydrogens is 302 g/mol. The molecule has 2 rings (SSSR count). The Morgan fingerprint density at radius 1 is 1.22 bits per heavy atom. The van der Waals surface area contributed by atoms with Crippen LogP contribution < -0.4 is 14.8 Å². The number of rotatable bonds is 7. The molecule has 0 saturated heterocycles. The molecule has 0 aliphatic rings. The molecular formula is C16H17NO6. The van der Waals surface area contributed by atoms with Crippen LogP contribution in [0.15, 0.2) is 34.7 Å². The maximum absolute atomic E-state index is 11.7. The van der Waals surface area contributed by atoms with E-state index in [0.29, 0.717) is 23.0 Å². The zero-order valence-electron chi connectivity index (χ0n) is 12.8. The van der Waals surface area contributed by atoms with Gasteiger partial charge in [0.25, 0.3) is 5.91 Å². The first-order valence-electron chi connectivity index (χ1n) is 6.85. The Balaban J connectivity index is 1.80. The number of benzene rings is 1. The molecule has 0 bridgehead atoms. The molecule has 7 nitrogen and oxygen atoms in total. The molecule has 0 atom stereocenters. The molecule has 0 aliphatic carbocycles. The van der Waals surface area contributed by atoms with E-state index in [1.807, 2.05) is 0 Å². The van der Waals surface area contributed by atoms with Gasteiger partial charge in [-0.15, -0.1) is 0 Å². The Morgan fingerprint density at radius 3 is 2.43 bits per heavy atom. The molecule has 23 heavy (non-hydrogen) atoms. The maximum atomic E-state index is 11.7. The molecule has 0 spiro atoms. The zero-order valence-corrected chi connectivity index (χ0v) is 12.8. The largest absolute Gasteiger partial charge is 0.497 e. The SMILES string of the molecule is COc1ccc(OCC(=O)NCc2cc(C(=O)O)c(C)o2)cc1. The number of hydrogen-bond acceptors (Lipinski definition) is 5. The fourth-order valence-electron chi connectivity index (χ4n) is 1.90. The highest BCUT2D eigenvalue weighted by atomic mass is 16.5. The quantitative estimate of drug-likeness (QED) is 0.810. The van der Waals surface area contributed by atoms with Gasteiger partial charge >= 0.3 is 5.97 Å². The van der Waals surface area contributed by atoms with E-state index in [-0.39, 0.29) is 24.6 Å². The van der Waals surface area contributed by atoms with Gasteiger partial charge in [-0.25, -0.2) is 4.79 Å². The van der Waals surface area contributed by atoms with Gasteiger partial charge in [-0.2, -0.15) is 0 Å². The van der Waals surface area contributed by atoms with Crippen LogP contribution in [0.5, 0.6) is 11.5 Å². The highest BCUT2D eigenvalue weighted by Gasteiger charge is 2.14. The summed E-state index contributed by atoms with van der Waals surface area (Å²) in [6.45, 7) is 1.50. The third-order valence-corrected chi connectivity index (χ3v) is 3.09. The van der Waals surface area contributed by atoms with E-state index in [1.165, 1.54) is 6.07 Å². The molecule has 0 unspecified atom stereocenters. The van der Waals surface area contributed by atoms with E-state index >= 15 is 0 Å². The number of aryl methyl sites for hydroxylation is 1. The van der Waals surface area contributed by atoms with Gasteiger partial charge in [-0.3, -0.25) is 4.79 Å². The molecule has 1 amide bonds. The van der Waals surface area contributed by atoms with Crippen LogP contribution in [0.1, 0.15) is 21.9 Å². The number of furan rings is 1. The van der Waals surface area contributed by atoms with Crippen molar-refractivity contribution >= 4 is 11.9 Å². The summed E-state index contributed by atoms with van der Waals surface area (Å²) in [4.78, 5) is 22.6. The minimum atomic E-state index is -1.06. The van der Waals surface area contributed by atoms with Gasteiger partial charge in [0.15, 0.2) is 6.61 Å². The standard InChI is InChI=1S/C16H17NO6/c1-10-14(16(19)20)7-13(23-10)8-17-15(18)9-22-12-5-3-11(21-2)4-6-12/h3-7H,8-9H2,1-2H3,(H,17,18)(H,19,20). The van der Waals surface area contributed by atoms with Gasteiger partial charge in [0, 0.05) is 0 Å². The third kappa shape index (κ3) is 4.50. The lowest BCUT2D eigenvalue weighted by atomic mass is 10.2. The Bertz CT molecular complexity index is 689. The lowest BCUT2D eigenvalue weighted by molar-refractivity contribution is -0.123. The summed E-state index contributed by atoms with van der Waals surface area (Å²) in [6, 6.07) is 8.24. The van der Waals surface area contributed by atoms with Crippen molar-refractivity contribution in [1.82, 2.24) is 5.32 Å². The Hall–Kier alpha value is -2.96. The molecule has 0 radical (unpaired) electrons. The summed E-state index contributed by atoms with van der Waals surface area (Å²) in [6.07, 6.45) is 0. The molecule has 122 valence electrons. The molecule has 2 aromatic rings. The molecule has 2 N–H and O–H groups in total. The van der Waals surface area contributed by atoms with Crippen molar-refractivity contribution in [3.8, 4) is 11.5 Å². The number of carboxylic acid groups (broad SMARTS) is 1. The van der Waals surface area contributed by atoms with Crippen LogP contribution in [0.3, 0.4) is 0 Å². The summed E-state index contributed by atoms with van der Waals surface area (Å²) in [5, 5.41) is 11.5. The van der Waals surface area contributed by atoms with Gasteiger partial charge < -0.3 is 24.3 Å². The summed E-state index contributed by atoms with van der Waals surface area (Å²) >= 11 is 0. The molecule has 0 saturated carbocycles. The Morgan fingerprint density at radius 2 is 1.87 bits per heavy atom. The molecule has 0 aliphatic heterocycles. The molecule has 0 fully saturated rings. The van der Waals surface area contributed by atoms with Gasteiger partial charge in [0.05, 0.1) is 13.7 Å². The summed E-state index contributed by atoms with van der Waals surface area (Å²) < 4.78 is 15.6. The van der Waals surface area contributed by atoms with E-state index in [9.17, 15) is 9.59 Å². The second kappa shape index (κ2) is 7.35. The lowest BCUT2D eigenvalue weighted by Crippen LogP contribution is -2.28. The Labute approximate surface area is 132 Å². The van der Waals surface area contributed by atoms with E-state index in [2.05, 4.69) is 5.32 Å². The second-order valence-corrected chi connectivity index (χ2v) is 4.73. The fraction of sp³-hybridized carbons (Fsp3) is 0.250. The number of hydrogen-bond donors (Lipinski definition) is 2. The van der Waals surface area contributed by atoms with Gasteiger partial charge in [-0.05, 0) is 37.3 Å². The van der Waals surface area contributed by atoms with Gasteiger partial charge in [0.1, 0.15) is 28.6 Å². The van der Waals surface area contributed by atoms with Crippen molar-refractivity contribution in [1.29, 1.82) is 0 Å². The van der Waals surface area contributed by atoms with E-state index in [4.69, 9.17) is 19.0 Å². The monoisotopic (exact) mass is 319 g/mol. The predicted molar refractivity (Wildman–Crippen MR) is 80.7 cm³/mol. The summed E-state index contributed by atoms with van der Waals surface area (Å²) in [5.74, 6) is 0.513. The van der Waals surface area contributed by atoms with Crippen molar-refractivity contribution < 1.29 is 28.6 Å². The summed E-state index contributed by atoms with van der Waals surface area (Å²) in [5.41, 5.74) is 0.0868. The number of nitrogens with one attached hydrogen (secondary N) is 1. The zero-order chi connectivity index (χ0) is 16.8. The van der Waals surface area contributed by atoms with Gasteiger partial charge in [-0.1, -0.05) is 0 Å².